The number of aliphatic hydroxyl groups is 1. The van der Waals surface area contributed by atoms with E-state index in [1.54, 1.807) is 6.08 Å². The molecule has 0 aliphatic rings. The molecule has 0 amide bonds. The molecule has 0 aromatic heterocycles. The SMILES string of the molecule is C=CC/C(O)=C(/c1ccc(Cl)cc1)C(C)C.[Sm+3]. The number of allylic oxidation sites excluding steroid dienone is 2. The van der Waals surface area contributed by atoms with E-state index in [1.807, 2.05) is 24.3 Å². The summed E-state index contributed by atoms with van der Waals surface area (Å²) in [5.41, 5.74) is 1.97. The summed E-state index contributed by atoms with van der Waals surface area (Å²) in [6.07, 6.45) is 2.20. The molecule has 0 saturated carbocycles. The van der Waals surface area contributed by atoms with Crippen molar-refractivity contribution in [2.75, 3.05) is 0 Å². The zero-order valence-electron chi connectivity index (χ0n) is 10.1. The van der Waals surface area contributed by atoms with E-state index in [4.69, 9.17) is 11.6 Å². The van der Waals surface area contributed by atoms with E-state index in [-0.39, 0.29) is 46.3 Å². The van der Waals surface area contributed by atoms with Crippen molar-refractivity contribution in [2.24, 2.45) is 5.92 Å². The van der Waals surface area contributed by atoms with Gasteiger partial charge in [0.1, 0.15) is 5.76 Å². The standard InChI is InChI=1S/C14H17ClO.Sm/c1-4-5-13(16)14(10(2)3)11-6-8-12(15)9-7-11;/h4,6-10,16H,1,5H2,2-3H3;/q;+3/b14-13-;. The van der Waals surface area contributed by atoms with E-state index in [0.717, 1.165) is 11.1 Å². The maximum atomic E-state index is 9.98. The number of benzene rings is 1. The minimum Gasteiger partial charge on any atom is -0.512 e. The molecule has 1 aromatic rings. The van der Waals surface area contributed by atoms with E-state index < -0.39 is 0 Å². The summed E-state index contributed by atoms with van der Waals surface area (Å²) in [6, 6.07) is 7.52. The molecule has 0 aliphatic carbocycles. The van der Waals surface area contributed by atoms with Crippen molar-refractivity contribution in [2.45, 2.75) is 20.3 Å². The zero-order valence-corrected chi connectivity index (χ0v) is 13.5. The molecule has 1 nitrogen and oxygen atoms in total. The van der Waals surface area contributed by atoms with Gasteiger partial charge in [0.25, 0.3) is 0 Å². The van der Waals surface area contributed by atoms with Crippen molar-refractivity contribution >= 4 is 17.2 Å². The Hall–Kier alpha value is 0.128. The Balaban J connectivity index is 0.00000256. The number of aliphatic hydroxyl groups excluding tert-OH is 1. The van der Waals surface area contributed by atoms with Crippen molar-refractivity contribution in [3.8, 4) is 0 Å². The monoisotopic (exact) mass is 388 g/mol. The number of hydrogen-bond acceptors (Lipinski definition) is 1. The van der Waals surface area contributed by atoms with E-state index in [2.05, 4.69) is 20.4 Å². The molecule has 0 unspecified atom stereocenters. The molecule has 17 heavy (non-hydrogen) atoms. The minimum absolute atomic E-state index is 0. The number of rotatable bonds is 4. The normalized spacial score (nSPS) is 11.8. The molecular formula is C14H17ClOSm+3. The third-order valence-corrected chi connectivity index (χ3v) is 2.63. The van der Waals surface area contributed by atoms with Crippen LogP contribution in [-0.4, -0.2) is 5.11 Å². The Kier molecular flexibility index (Phi) is 8.33. The van der Waals surface area contributed by atoms with E-state index in [9.17, 15) is 5.11 Å². The Labute approximate surface area is 141 Å². The van der Waals surface area contributed by atoms with E-state index in [0.29, 0.717) is 17.2 Å². The van der Waals surface area contributed by atoms with Gasteiger partial charge >= 0.3 is 40.4 Å². The van der Waals surface area contributed by atoms with E-state index in [1.165, 1.54) is 0 Å². The Morgan fingerprint density at radius 3 is 2.29 bits per heavy atom. The Bertz CT molecular complexity index is 393. The summed E-state index contributed by atoms with van der Waals surface area (Å²) in [5.74, 6) is 0.647. The third-order valence-electron chi connectivity index (χ3n) is 2.38. The van der Waals surface area contributed by atoms with Gasteiger partial charge in [-0.05, 0) is 29.2 Å². The van der Waals surface area contributed by atoms with Crippen LogP contribution < -0.4 is 0 Å². The van der Waals surface area contributed by atoms with Gasteiger partial charge in [0.05, 0.1) is 0 Å². The molecule has 0 bridgehead atoms. The van der Waals surface area contributed by atoms with E-state index >= 15 is 0 Å². The average molecular weight is 387 g/mol. The fraction of sp³-hybridized carbons (Fsp3) is 0.286. The first kappa shape index (κ1) is 17.1. The van der Waals surface area contributed by atoms with Gasteiger partial charge in [-0.1, -0.05) is 43.7 Å². The van der Waals surface area contributed by atoms with Gasteiger partial charge in [-0.3, -0.25) is 0 Å². The summed E-state index contributed by atoms with van der Waals surface area (Å²) in [7, 11) is 0. The summed E-state index contributed by atoms with van der Waals surface area (Å²) in [4.78, 5) is 0. The van der Waals surface area contributed by atoms with Crippen molar-refractivity contribution in [3.05, 3.63) is 53.3 Å². The Morgan fingerprint density at radius 1 is 1.35 bits per heavy atom. The molecule has 1 N–H and O–H groups in total. The van der Waals surface area contributed by atoms with Crippen LogP contribution in [0.2, 0.25) is 5.02 Å². The van der Waals surface area contributed by atoms with Crippen molar-refractivity contribution in [3.63, 3.8) is 0 Å². The maximum Gasteiger partial charge on any atom is 3.00 e. The van der Waals surface area contributed by atoms with Gasteiger partial charge in [0.2, 0.25) is 0 Å². The molecule has 0 saturated heterocycles. The summed E-state index contributed by atoms with van der Waals surface area (Å²) < 4.78 is 0. The fourth-order valence-corrected chi connectivity index (χ4v) is 1.84. The molecule has 0 fully saturated rings. The topological polar surface area (TPSA) is 20.2 Å². The van der Waals surface area contributed by atoms with Gasteiger partial charge in [0, 0.05) is 11.4 Å². The second-order valence-corrected chi connectivity index (χ2v) is 4.45. The first-order valence-electron chi connectivity index (χ1n) is 5.35. The van der Waals surface area contributed by atoms with Crippen molar-refractivity contribution in [1.29, 1.82) is 0 Å². The van der Waals surface area contributed by atoms with Crippen LogP contribution in [0.5, 0.6) is 0 Å². The molecule has 89 valence electrons. The summed E-state index contributed by atoms with van der Waals surface area (Å²) in [6.45, 7) is 7.75. The first-order chi connectivity index (χ1) is 7.56. The van der Waals surface area contributed by atoms with Gasteiger partial charge in [-0.25, -0.2) is 0 Å². The molecule has 1 aromatic carbocycles. The van der Waals surface area contributed by atoms with Crippen LogP contribution in [-0.2, 0) is 0 Å². The van der Waals surface area contributed by atoms with Crippen LogP contribution in [0.4, 0.5) is 0 Å². The van der Waals surface area contributed by atoms with Crippen LogP contribution >= 0.6 is 11.6 Å². The van der Waals surface area contributed by atoms with Gasteiger partial charge in [-0.15, -0.1) is 6.58 Å². The molecular weight excluding hydrogens is 370 g/mol. The van der Waals surface area contributed by atoms with Crippen LogP contribution in [0.25, 0.3) is 5.57 Å². The van der Waals surface area contributed by atoms with Crippen LogP contribution in [0.15, 0.2) is 42.7 Å². The van der Waals surface area contributed by atoms with Gasteiger partial charge in [0.15, 0.2) is 0 Å². The van der Waals surface area contributed by atoms with Crippen molar-refractivity contribution < 1.29 is 45.5 Å². The molecule has 0 heterocycles. The molecule has 1 radical (unpaired) electrons. The zero-order chi connectivity index (χ0) is 12.1. The van der Waals surface area contributed by atoms with Crippen molar-refractivity contribution in [1.82, 2.24) is 0 Å². The predicted octanol–water partition coefficient (Wildman–Crippen LogP) is 4.84. The van der Waals surface area contributed by atoms with Crippen LogP contribution in [0, 0.1) is 46.3 Å². The Morgan fingerprint density at radius 2 is 1.88 bits per heavy atom. The van der Waals surface area contributed by atoms with Gasteiger partial charge in [-0.2, -0.15) is 0 Å². The summed E-state index contributed by atoms with van der Waals surface area (Å²) >= 11 is 5.84. The second-order valence-electron chi connectivity index (χ2n) is 4.01. The number of halogens is 1. The van der Waals surface area contributed by atoms with Crippen LogP contribution in [0.1, 0.15) is 25.8 Å². The number of hydrogen-bond donors (Lipinski definition) is 1. The predicted molar refractivity (Wildman–Crippen MR) is 70.7 cm³/mol. The first-order valence-corrected chi connectivity index (χ1v) is 5.73. The van der Waals surface area contributed by atoms with Crippen LogP contribution in [0.3, 0.4) is 0 Å². The van der Waals surface area contributed by atoms with Gasteiger partial charge < -0.3 is 5.11 Å². The summed E-state index contributed by atoms with van der Waals surface area (Å²) in [5, 5.41) is 10.7. The quantitative estimate of drug-likeness (QED) is 0.579. The minimum atomic E-state index is 0. The third kappa shape index (κ3) is 5.10. The smallest absolute Gasteiger partial charge is 0.512 e. The molecule has 0 aliphatic heterocycles. The average Bonchev–Trinajstić information content (AvgIpc) is 2.21. The molecule has 3 heteroatoms. The second kappa shape index (κ2) is 8.27. The molecule has 0 atom stereocenters. The fourth-order valence-electron chi connectivity index (χ4n) is 1.71. The largest absolute Gasteiger partial charge is 3.00 e. The maximum absolute atomic E-state index is 9.98. The molecule has 1 rings (SSSR count). The molecule has 0 spiro atoms.